The van der Waals surface area contributed by atoms with Crippen LogP contribution in [-0.2, 0) is 11.3 Å². The minimum absolute atomic E-state index is 0.109. The number of hydroxylamine groups is 1. The third-order valence-electron chi connectivity index (χ3n) is 3.56. The average Bonchev–Trinajstić information content (AvgIpc) is 2.72. The topological polar surface area (TPSA) is 81.7 Å². The highest BCUT2D eigenvalue weighted by Crippen LogP contribution is 2.25. The van der Waals surface area contributed by atoms with E-state index in [4.69, 9.17) is 5.21 Å². The molecule has 22 heavy (non-hydrogen) atoms. The van der Waals surface area contributed by atoms with Crippen molar-refractivity contribution >= 4 is 23.2 Å². The van der Waals surface area contributed by atoms with Gasteiger partial charge in [-0.25, -0.2) is 5.48 Å². The van der Waals surface area contributed by atoms with Gasteiger partial charge in [0.25, 0.3) is 5.91 Å². The second-order valence-corrected chi connectivity index (χ2v) is 5.05. The lowest BCUT2D eigenvalue weighted by Crippen LogP contribution is -2.29. The van der Waals surface area contributed by atoms with Gasteiger partial charge in [-0.2, -0.15) is 0 Å². The fraction of sp³-hybridized carbons (Fsp3) is 0.125. The Bertz CT molecular complexity index is 716. The molecule has 3 N–H and O–H groups in total. The third kappa shape index (κ3) is 2.77. The fourth-order valence-corrected chi connectivity index (χ4v) is 2.50. The zero-order chi connectivity index (χ0) is 15.5. The molecule has 0 unspecified atom stereocenters. The minimum Gasteiger partial charge on any atom is -0.358 e. The maximum Gasteiger partial charge on any atom is 0.274 e. The Morgan fingerprint density at radius 1 is 1.14 bits per heavy atom. The van der Waals surface area contributed by atoms with Gasteiger partial charge in [-0.05, 0) is 35.9 Å². The number of benzene rings is 2. The zero-order valence-corrected chi connectivity index (χ0v) is 11.7. The maximum atomic E-state index is 12.0. The van der Waals surface area contributed by atoms with E-state index in [1.807, 2.05) is 35.2 Å². The van der Waals surface area contributed by atoms with Crippen LogP contribution in [0.15, 0.2) is 48.5 Å². The predicted octanol–water partition coefficient (Wildman–Crippen LogP) is 1.76. The molecule has 1 aliphatic heterocycles. The molecule has 0 saturated carbocycles. The lowest BCUT2D eigenvalue weighted by Gasteiger charge is -2.21. The Hall–Kier alpha value is -2.86. The number of nitrogens with zero attached hydrogens (tertiary/aromatic N) is 1. The van der Waals surface area contributed by atoms with Gasteiger partial charge in [0.15, 0.2) is 0 Å². The van der Waals surface area contributed by atoms with Gasteiger partial charge in [0, 0.05) is 23.5 Å². The Morgan fingerprint density at radius 3 is 2.64 bits per heavy atom. The minimum atomic E-state index is -0.579. The van der Waals surface area contributed by atoms with Crippen LogP contribution in [0.4, 0.5) is 11.4 Å². The largest absolute Gasteiger partial charge is 0.358 e. The first kappa shape index (κ1) is 14.1. The second kappa shape index (κ2) is 5.87. The Balaban J connectivity index is 1.98. The lowest BCUT2D eigenvalue weighted by atomic mass is 10.1. The molecule has 112 valence electrons. The van der Waals surface area contributed by atoms with Crippen molar-refractivity contribution in [3.63, 3.8) is 0 Å². The van der Waals surface area contributed by atoms with Crippen LogP contribution in [-0.4, -0.2) is 23.6 Å². The van der Waals surface area contributed by atoms with Gasteiger partial charge in [0.05, 0.1) is 6.54 Å². The SMILES string of the molecule is O=C1CN(c2ccccc2)Cc2cc(C(=O)NO)ccc2N1. The summed E-state index contributed by atoms with van der Waals surface area (Å²) < 4.78 is 0. The molecule has 0 saturated heterocycles. The van der Waals surface area contributed by atoms with Crippen LogP contribution < -0.4 is 15.7 Å². The van der Waals surface area contributed by atoms with Crippen LogP contribution in [0, 0.1) is 0 Å². The average molecular weight is 297 g/mol. The number of hydrogen-bond donors (Lipinski definition) is 3. The van der Waals surface area contributed by atoms with E-state index in [-0.39, 0.29) is 12.5 Å². The molecule has 0 aliphatic carbocycles. The van der Waals surface area contributed by atoms with Crippen molar-refractivity contribution in [3.05, 3.63) is 59.7 Å². The molecule has 0 spiro atoms. The van der Waals surface area contributed by atoms with Crippen molar-refractivity contribution < 1.29 is 14.8 Å². The van der Waals surface area contributed by atoms with Gasteiger partial charge in [-0.1, -0.05) is 18.2 Å². The number of carbonyl (C=O) groups excluding carboxylic acids is 2. The van der Waals surface area contributed by atoms with Gasteiger partial charge in [-0.15, -0.1) is 0 Å². The summed E-state index contributed by atoms with van der Waals surface area (Å²) in [7, 11) is 0. The summed E-state index contributed by atoms with van der Waals surface area (Å²) in [4.78, 5) is 25.5. The smallest absolute Gasteiger partial charge is 0.274 e. The van der Waals surface area contributed by atoms with Crippen LogP contribution in [0.3, 0.4) is 0 Å². The Morgan fingerprint density at radius 2 is 1.91 bits per heavy atom. The molecular weight excluding hydrogens is 282 g/mol. The van der Waals surface area contributed by atoms with Crippen LogP contribution in [0.5, 0.6) is 0 Å². The molecule has 1 aliphatic rings. The number of anilines is 2. The monoisotopic (exact) mass is 297 g/mol. The molecule has 6 nitrogen and oxygen atoms in total. The number of amides is 2. The highest BCUT2D eigenvalue weighted by atomic mass is 16.5. The first-order valence-corrected chi connectivity index (χ1v) is 6.84. The van der Waals surface area contributed by atoms with Gasteiger partial charge in [0.2, 0.25) is 5.91 Å². The van der Waals surface area contributed by atoms with E-state index in [1.54, 1.807) is 23.7 Å². The van der Waals surface area contributed by atoms with E-state index in [2.05, 4.69) is 5.32 Å². The molecule has 2 amide bonds. The van der Waals surface area contributed by atoms with Crippen molar-refractivity contribution in [3.8, 4) is 0 Å². The molecule has 1 heterocycles. The van der Waals surface area contributed by atoms with Crippen molar-refractivity contribution in [2.24, 2.45) is 0 Å². The summed E-state index contributed by atoms with van der Waals surface area (Å²) in [6.07, 6.45) is 0. The van der Waals surface area contributed by atoms with E-state index in [0.29, 0.717) is 17.8 Å². The van der Waals surface area contributed by atoms with Crippen LogP contribution in [0.1, 0.15) is 15.9 Å². The molecular formula is C16H15N3O3. The summed E-state index contributed by atoms with van der Waals surface area (Å²) in [5, 5.41) is 11.6. The number of para-hydroxylation sites is 1. The fourth-order valence-electron chi connectivity index (χ4n) is 2.50. The summed E-state index contributed by atoms with van der Waals surface area (Å²) in [6, 6.07) is 14.5. The van der Waals surface area contributed by atoms with Crippen LogP contribution in [0.25, 0.3) is 0 Å². The van der Waals surface area contributed by atoms with Gasteiger partial charge >= 0.3 is 0 Å². The van der Waals surface area contributed by atoms with E-state index < -0.39 is 5.91 Å². The van der Waals surface area contributed by atoms with E-state index in [9.17, 15) is 9.59 Å². The Kier molecular flexibility index (Phi) is 3.76. The molecule has 2 aromatic carbocycles. The first-order valence-electron chi connectivity index (χ1n) is 6.84. The number of rotatable bonds is 2. The molecule has 0 radical (unpaired) electrons. The molecule has 0 atom stereocenters. The normalized spacial score (nSPS) is 13.9. The van der Waals surface area contributed by atoms with Crippen molar-refractivity contribution in [1.29, 1.82) is 0 Å². The number of hydrogen-bond acceptors (Lipinski definition) is 4. The zero-order valence-electron chi connectivity index (χ0n) is 11.7. The van der Waals surface area contributed by atoms with Gasteiger partial charge in [-0.3, -0.25) is 14.8 Å². The standard InChI is InChI=1S/C16H15N3O3/c20-15-10-19(13-4-2-1-3-5-13)9-12-8-11(16(21)18-22)6-7-14(12)17-15/h1-8,22H,9-10H2,(H,17,20)(H,18,21). The Labute approximate surface area is 127 Å². The summed E-state index contributed by atoms with van der Waals surface area (Å²) in [5.41, 5.74) is 4.38. The highest BCUT2D eigenvalue weighted by molar-refractivity contribution is 5.98. The number of fused-ring (bicyclic) bond motifs is 1. The molecule has 0 bridgehead atoms. The molecule has 3 rings (SSSR count). The molecule has 0 fully saturated rings. The lowest BCUT2D eigenvalue weighted by molar-refractivity contribution is -0.114. The quantitative estimate of drug-likeness (QED) is 0.583. The number of carbonyl (C=O) groups is 2. The van der Waals surface area contributed by atoms with Gasteiger partial charge < -0.3 is 10.2 Å². The summed E-state index contributed by atoms with van der Waals surface area (Å²) in [6.45, 7) is 0.727. The highest BCUT2D eigenvalue weighted by Gasteiger charge is 2.20. The maximum absolute atomic E-state index is 12.0. The summed E-state index contributed by atoms with van der Waals surface area (Å²) in [5.74, 6) is -0.688. The van der Waals surface area contributed by atoms with Crippen LogP contribution >= 0.6 is 0 Å². The second-order valence-electron chi connectivity index (χ2n) is 5.05. The van der Waals surface area contributed by atoms with E-state index >= 15 is 0 Å². The van der Waals surface area contributed by atoms with E-state index in [0.717, 1.165) is 11.3 Å². The molecule has 2 aromatic rings. The van der Waals surface area contributed by atoms with Crippen LogP contribution in [0.2, 0.25) is 0 Å². The van der Waals surface area contributed by atoms with Crippen molar-refractivity contribution in [2.75, 3.05) is 16.8 Å². The van der Waals surface area contributed by atoms with Gasteiger partial charge in [0.1, 0.15) is 0 Å². The third-order valence-corrected chi connectivity index (χ3v) is 3.56. The number of nitrogens with one attached hydrogen (secondary N) is 2. The molecule has 0 aromatic heterocycles. The van der Waals surface area contributed by atoms with Crippen molar-refractivity contribution in [1.82, 2.24) is 5.48 Å². The summed E-state index contributed by atoms with van der Waals surface area (Å²) >= 11 is 0. The first-order chi connectivity index (χ1) is 10.7. The van der Waals surface area contributed by atoms with Crippen molar-refractivity contribution in [2.45, 2.75) is 6.54 Å². The molecule has 6 heteroatoms. The predicted molar refractivity (Wildman–Crippen MR) is 81.8 cm³/mol. The van der Waals surface area contributed by atoms with E-state index in [1.165, 1.54) is 0 Å².